The van der Waals surface area contributed by atoms with Gasteiger partial charge in [-0.3, -0.25) is 9.59 Å². The molecule has 5 rings (SSSR count). The second-order valence-electron chi connectivity index (χ2n) is 10.8. The Labute approximate surface area is 241 Å². The molecule has 0 radical (unpaired) electrons. The third-order valence-corrected chi connectivity index (χ3v) is 8.60. The van der Waals surface area contributed by atoms with E-state index in [9.17, 15) is 18.0 Å². The van der Waals surface area contributed by atoms with Crippen molar-refractivity contribution in [1.29, 1.82) is 0 Å². The Hall–Kier alpha value is -3.95. The average Bonchev–Trinajstić information content (AvgIpc) is 2.95. The molecule has 41 heavy (non-hydrogen) atoms. The smallest absolute Gasteiger partial charge is 0.289 e. The highest BCUT2D eigenvalue weighted by Crippen LogP contribution is 2.34. The fourth-order valence-corrected chi connectivity index (χ4v) is 6.03. The van der Waals surface area contributed by atoms with E-state index >= 15 is 0 Å². The predicted molar refractivity (Wildman–Crippen MR) is 157 cm³/mol. The third-order valence-electron chi connectivity index (χ3n) is 7.68. The number of hydrogen-bond acceptors (Lipinski definition) is 5. The lowest BCUT2D eigenvalue weighted by molar-refractivity contribution is -0.149. The highest BCUT2D eigenvalue weighted by molar-refractivity contribution is 7.89. The molecule has 2 atom stereocenters. The van der Waals surface area contributed by atoms with Crippen LogP contribution in [-0.2, 0) is 32.5 Å². The molecule has 0 spiro atoms. The van der Waals surface area contributed by atoms with Crippen LogP contribution in [0.1, 0.15) is 58.3 Å². The second kappa shape index (κ2) is 12.3. The summed E-state index contributed by atoms with van der Waals surface area (Å²) < 4.78 is 29.0. The van der Waals surface area contributed by atoms with Gasteiger partial charge < -0.3 is 15.0 Å². The molecule has 1 aliphatic heterocycles. The molecule has 3 aromatic carbocycles. The van der Waals surface area contributed by atoms with Crippen molar-refractivity contribution in [3.8, 4) is 0 Å². The van der Waals surface area contributed by atoms with E-state index in [1.54, 1.807) is 30.3 Å². The first-order valence-corrected chi connectivity index (χ1v) is 15.5. The molecule has 2 amide bonds. The number of carbonyl (C=O) groups excluding carboxylic acids is 2. The summed E-state index contributed by atoms with van der Waals surface area (Å²) in [5.41, 5.74) is 4.45. The zero-order valence-electron chi connectivity index (χ0n) is 23.1. The van der Waals surface area contributed by atoms with Crippen molar-refractivity contribution in [2.24, 2.45) is 5.14 Å². The molecule has 9 heteroatoms. The van der Waals surface area contributed by atoms with Crippen LogP contribution < -0.4 is 10.5 Å². The molecule has 0 aromatic heterocycles. The Kier molecular flexibility index (Phi) is 8.56. The number of nitrogens with two attached hydrogens (primary N) is 1. The Morgan fingerprint density at radius 1 is 1.02 bits per heavy atom. The molecule has 2 fully saturated rings. The Balaban J connectivity index is 1.23. The summed E-state index contributed by atoms with van der Waals surface area (Å²) >= 11 is 0. The Bertz CT molecular complexity index is 1550. The monoisotopic (exact) mass is 573 g/mol. The largest absolute Gasteiger partial charge is 0.482 e. The predicted octanol–water partition coefficient (Wildman–Crippen LogP) is 4.33. The van der Waals surface area contributed by atoms with Crippen LogP contribution >= 0.6 is 0 Å². The van der Waals surface area contributed by atoms with E-state index in [1.165, 1.54) is 17.7 Å². The Morgan fingerprint density at radius 3 is 2.46 bits per heavy atom. The zero-order chi connectivity index (χ0) is 29.0. The van der Waals surface area contributed by atoms with E-state index in [-0.39, 0.29) is 28.9 Å². The van der Waals surface area contributed by atoms with Crippen LogP contribution in [0, 0.1) is 6.92 Å². The van der Waals surface area contributed by atoms with Gasteiger partial charge in [-0.2, -0.15) is 0 Å². The lowest BCUT2D eigenvalue weighted by Gasteiger charge is -2.44. The van der Waals surface area contributed by atoms with Crippen molar-refractivity contribution < 1.29 is 22.7 Å². The van der Waals surface area contributed by atoms with Crippen LogP contribution in [0.25, 0.3) is 6.08 Å². The number of hydrogen-bond donors (Lipinski definition) is 2. The quantitative estimate of drug-likeness (QED) is 0.389. The van der Waals surface area contributed by atoms with Crippen LogP contribution in [-0.4, -0.2) is 43.8 Å². The first-order chi connectivity index (χ1) is 19.7. The first kappa shape index (κ1) is 28.6. The van der Waals surface area contributed by atoms with E-state index in [1.807, 2.05) is 23.1 Å². The van der Waals surface area contributed by atoms with Gasteiger partial charge in [-0.15, -0.1) is 0 Å². The van der Waals surface area contributed by atoms with Crippen molar-refractivity contribution in [3.05, 3.63) is 106 Å². The Morgan fingerprint density at radius 2 is 1.76 bits per heavy atom. The van der Waals surface area contributed by atoms with Gasteiger partial charge in [-0.05, 0) is 79.6 Å². The number of nitrogens with zero attached hydrogens (tertiary/aromatic N) is 1. The fourth-order valence-electron chi connectivity index (χ4n) is 5.52. The highest BCUT2D eigenvalue weighted by atomic mass is 32.2. The third kappa shape index (κ3) is 7.04. The summed E-state index contributed by atoms with van der Waals surface area (Å²) in [5.74, 6) is 0.0183. The number of fused-ring (bicyclic) bond motifs is 1. The van der Waals surface area contributed by atoms with Gasteiger partial charge in [-0.25, -0.2) is 13.6 Å². The van der Waals surface area contributed by atoms with Crippen molar-refractivity contribution in [2.45, 2.75) is 62.6 Å². The van der Waals surface area contributed by atoms with Crippen molar-refractivity contribution >= 4 is 27.9 Å². The number of carbonyl (C=O) groups is 2. The van der Waals surface area contributed by atoms with Gasteiger partial charge in [-0.1, -0.05) is 60.5 Å². The molecule has 1 saturated heterocycles. The molecule has 3 N–H and O–H groups in total. The zero-order valence-corrected chi connectivity index (χ0v) is 23.9. The van der Waals surface area contributed by atoms with Crippen LogP contribution in [0.15, 0.2) is 83.5 Å². The van der Waals surface area contributed by atoms with E-state index in [0.29, 0.717) is 30.8 Å². The van der Waals surface area contributed by atoms with Crippen molar-refractivity contribution in [1.82, 2.24) is 10.2 Å². The summed E-state index contributed by atoms with van der Waals surface area (Å²) in [6.45, 7) is 3.00. The normalized spacial score (nSPS) is 19.9. The van der Waals surface area contributed by atoms with E-state index in [0.717, 1.165) is 42.4 Å². The summed E-state index contributed by atoms with van der Waals surface area (Å²) in [6, 6.07) is 21.7. The second-order valence-corrected chi connectivity index (χ2v) is 12.3. The molecular weight excluding hydrogens is 538 g/mol. The number of aryl methyl sites for hydroxylation is 1. The fraction of sp³-hybridized carbons (Fsp3) is 0.312. The van der Waals surface area contributed by atoms with Crippen LogP contribution in [0.2, 0.25) is 0 Å². The number of benzene rings is 3. The van der Waals surface area contributed by atoms with Gasteiger partial charge in [0, 0.05) is 18.7 Å². The number of ether oxygens (including phenoxy) is 1. The van der Waals surface area contributed by atoms with Gasteiger partial charge in [0.1, 0.15) is 6.10 Å². The number of nitrogens with one attached hydrogen (secondary N) is 1. The minimum absolute atomic E-state index is 0.0153. The number of morpholine rings is 1. The molecule has 0 bridgehead atoms. The van der Waals surface area contributed by atoms with E-state index < -0.39 is 10.0 Å². The minimum Gasteiger partial charge on any atom is -0.482 e. The van der Waals surface area contributed by atoms with Gasteiger partial charge >= 0.3 is 0 Å². The van der Waals surface area contributed by atoms with Gasteiger partial charge in [0.05, 0.1) is 10.9 Å². The lowest BCUT2D eigenvalue weighted by Crippen LogP contribution is -2.54. The van der Waals surface area contributed by atoms with Gasteiger partial charge in [0.2, 0.25) is 10.0 Å². The summed E-state index contributed by atoms with van der Waals surface area (Å²) in [6.07, 6.45) is 6.35. The number of primary sulfonamides is 1. The summed E-state index contributed by atoms with van der Waals surface area (Å²) in [7, 11) is -3.73. The van der Waals surface area contributed by atoms with Gasteiger partial charge in [0.25, 0.3) is 11.8 Å². The molecule has 8 nitrogen and oxygen atoms in total. The standard InChI is InChI=1S/C32H35N3O5S/c1-22-5-4-6-25(19-22)21-35-28-7-2-3-8-29(28)40-30(32(35)37)20-24-9-13-26(14-10-24)31(36)34-18-17-23-11-15-27(16-12-23)41(33,38)39/h4-6,9-16,19-20,28-29H,2-3,7-8,17-18,21H2,1H3,(H,34,36)(H2,33,38,39)/b30-20+. The molecule has 1 heterocycles. The molecule has 214 valence electrons. The maximum atomic E-state index is 13.6. The van der Waals surface area contributed by atoms with Gasteiger partial charge in [0.15, 0.2) is 5.76 Å². The molecule has 2 aliphatic rings. The molecule has 1 aliphatic carbocycles. The van der Waals surface area contributed by atoms with Crippen LogP contribution in [0.3, 0.4) is 0 Å². The number of rotatable bonds is 8. The molecule has 3 aromatic rings. The van der Waals surface area contributed by atoms with Crippen LogP contribution in [0.5, 0.6) is 0 Å². The average molecular weight is 574 g/mol. The highest BCUT2D eigenvalue weighted by Gasteiger charge is 2.41. The molecule has 1 saturated carbocycles. The van der Waals surface area contributed by atoms with E-state index in [2.05, 4.69) is 30.4 Å². The number of sulfonamides is 1. The number of amides is 2. The topological polar surface area (TPSA) is 119 Å². The minimum atomic E-state index is -3.73. The summed E-state index contributed by atoms with van der Waals surface area (Å²) in [4.78, 5) is 28.3. The maximum Gasteiger partial charge on any atom is 0.289 e. The molecule has 2 unspecified atom stereocenters. The lowest BCUT2D eigenvalue weighted by atomic mass is 9.89. The first-order valence-electron chi connectivity index (χ1n) is 13.9. The SMILES string of the molecule is Cc1cccc(CN2C(=O)/C(=C\c3ccc(C(=O)NCCc4ccc(S(N)(=O)=O)cc4)cc3)OC3CCCCC32)c1. The van der Waals surface area contributed by atoms with Crippen molar-refractivity contribution in [3.63, 3.8) is 0 Å². The van der Waals surface area contributed by atoms with Crippen LogP contribution in [0.4, 0.5) is 0 Å². The summed E-state index contributed by atoms with van der Waals surface area (Å²) in [5, 5.41) is 8.01. The van der Waals surface area contributed by atoms with Crippen molar-refractivity contribution in [2.75, 3.05) is 6.54 Å². The molecular formula is C32H35N3O5S. The van der Waals surface area contributed by atoms with E-state index in [4.69, 9.17) is 9.88 Å². The maximum absolute atomic E-state index is 13.6.